The Balaban J connectivity index is 1.42. The summed E-state index contributed by atoms with van der Waals surface area (Å²) in [6.45, 7) is 2.83. The lowest BCUT2D eigenvalue weighted by atomic mass is 9.96. The van der Waals surface area contributed by atoms with E-state index >= 15 is 0 Å². The van der Waals surface area contributed by atoms with Crippen LogP contribution in [-0.2, 0) is 17.8 Å². The number of carbonyl (C=O) groups is 2. The zero-order chi connectivity index (χ0) is 24.4. The van der Waals surface area contributed by atoms with E-state index < -0.39 is 0 Å². The number of likely N-dealkylation sites (tertiary alicyclic amines) is 1. The van der Waals surface area contributed by atoms with E-state index in [2.05, 4.69) is 10.2 Å². The molecule has 1 fully saturated rings. The fourth-order valence-electron chi connectivity index (χ4n) is 5.05. The Morgan fingerprint density at radius 1 is 0.943 bits per heavy atom. The first-order valence-electron chi connectivity index (χ1n) is 12.3. The van der Waals surface area contributed by atoms with Crippen molar-refractivity contribution in [3.63, 3.8) is 0 Å². The number of amides is 2. The van der Waals surface area contributed by atoms with Crippen LogP contribution in [0.2, 0.25) is 0 Å². The molecule has 3 aromatic carbocycles. The molecule has 2 aliphatic heterocycles. The third-order valence-electron chi connectivity index (χ3n) is 7.05. The van der Waals surface area contributed by atoms with Crippen LogP contribution in [0.1, 0.15) is 47.2 Å². The lowest BCUT2D eigenvalue weighted by Crippen LogP contribution is -2.31. The Morgan fingerprint density at radius 3 is 2.49 bits per heavy atom. The number of hydrogen-bond donors (Lipinski definition) is 1. The zero-order valence-corrected chi connectivity index (χ0v) is 20.0. The summed E-state index contributed by atoms with van der Waals surface area (Å²) >= 11 is 0. The topological polar surface area (TPSA) is 52.7 Å². The summed E-state index contributed by atoms with van der Waals surface area (Å²) < 4.78 is 13.5. The highest BCUT2D eigenvalue weighted by Crippen LogP contribution is 2.31. The predicted octanol–water partition coefficient (Wildman–Crippen LogP) is 5.64. The van der Waals surface area contributed by atoms with Gasteiger partial charge in [-0.1, -0.05) is 30.7 Å². The molecule has 0 saturated carbocycles. The minimum absolute atomic E-state index is 0.0831. The van der Waals surface area contributed by atoms with E-state index in [0.29, 0.717) is 17.7 Å². The van der Waals surface area contributed by atoms with E-state index in [0.717, 1.165) is 54.0 Å². The van der Waals surface area contributed by atoms with Crippen molar-refractivity contribution in [1.29, 1.82) is 0 Å². The Bertz CT molecular complexity index is 1250. The molecular formula is C29H30FN3O2. The Morgan fingerprint density at radius 2 is 1.71 bits per heavy atom. The summed E-state index contributed by atoms with van der Waals surface area (Å²) in [4.78, 5) is 29.4. The average Bonchev–Trinajstić information content (AvgIpc) is 2.88. The second-order valence-electron chi connectivity index (χ2n) is 9.47. The van der Waals surface area contributed by atoms with Crippen molar-refractivity contribution in [2.75, 3.05) is 30.4 Å². The van der Waals surface area contributed by atoms with E-state index in [1.54, 1.807) is 24.1 Å². The van der Waals surface area contributed by atoms with Crippen molar-refractivity contribution >= 4 is 23.2 Å². The molecule has 0 spiro atoms. The molecule has 0 aromatic heterocycles. The number of anilines is 2. The maximum absolute atomic E-state index is 13.5. The van der Waals surface area contributed by atoms with Crippen molar-refractivity contribution in [3.05, 3.63) is 83.2 Å². The van der Waals surface area contributed by atoms with Crippen LogP contribution in [0.15, 0.2) is 60.7 Å². The van der Waals surface area contributed by atoms with Crippen LogP contribution in [0.4, 0.5) is 15.8 Å². The largest absolute Gasteiger partial charge is 0.322 e. The highest BCUT2D eigenvalue weighted by molar-refractivity contribution is 6.05. The third-order valence-corrected chi connectivity index (χ3v) is 7.05. The minimum atomic E-state index is -0.264. The first-order valence-corrected chi connectivity index (χ1v) is 12.3. The average molecular weight is 472 g/mol. The highest BCUT2D eigenvalue weighted by Gasteiger charge is 2.22. The summed E-state index contributed by atoms with van der Waals surface area (Å²) in [6, 6.07) is 18.0. The quantitative estimate of drug-likeness (QED) is 0.524. The molecule has 5 nitrogen and oxygen atoms in total. The lowest BCUT2D eigenvalue weighted by Gasteiger charge is -2.27. The van der Waals surface area contributed by atoms with Gasteiger partial charge in [-0.15, -0.1) is 0 Å². The molecule has 0 bridgehead atoms. The molecule has 2 aliphatic rings. The van der Waals surface area contributed by atoms with Crippen LogP contribution in [0.5, 0.6) is 0 Å². The maximum Gasteiger partial charge on any atom is 0.255 e. The molecule has 1 saturated heterocycles. The smallest absolute Gasteiger partial charge is 0.255 e. The number of aryl methyl sites for hydroxylation is 1. The van der Waals surface area contributed by atoms with E-state index in [1.165, 1.54) is 31.4 Å². The lowest BCUT2D eigenvalue weighted by molar-refractivity contribution is -0.118. The summed E-state index contributed by atoms with van der Waals surface area (Å²) in [6.07, 6.45) is 4.85. The van der Waals surface area contributed by atoms with Gasteiger partial charge in [0.25, 0.3) is 5.91 Å². The SMILES string of the molecule is CN1C(=O)CCc2ccc(NC(=O)c3ccc(-c4ccc(F)cc4)c(CN4CCCCC4)c3)cc21. The van der Waals surface area contributed by atoms with Gasteiger partial charge in [-0.05, 0) is 91.0 Å². The van der Waals surface area contributed by atoms with Gasteiger partial charge in [-0.2, -0.15) is 0 Å². The monoisotopic (exact) mass is 471 g/mol. The van der Waals surface area contributed by atoms with Gasteiger partial charge in [0.2, 0.25) is 5.91 Å². The van der Waals surface area contributed by atoms with Crippen molar-refractivity contribution in [2.45, 2.75) is 38.6 Å². The number of rotatable bonds is 5. The van der Waals surface area contributed by atoms with Gasteiger partial charge < -0.3 is 10.2 Å². The molecule has 0 atom stereocenters. The van der Waals surface area contributed by atoms with E-state index in [4.69, 9.17) is 0 Å². The Hall–Kier alpha value is -3.51. The Kier molecular flexibility index (Phi) is 6.64. The summed E-state index contributed by atoms with van der Waals surface area (Å²) in [5, 5.41) is 3.00. The van der Waals surface area contributed by atoms with E-state index in [1.807, 2.05) is 36.4 Å². The molecular weight excluding hydrogens is 441 g/mol. The van der Waals surface area contributed by atoms with Gasteiger partial charge >= 0.3 is 0 Å². The molecule has 2 amide bonds. The van der Waals surface area contributed by atoms with Crippen LogP contribution < -0.4 is 10.2 Å². The highest BCUT2D eigenvalue weighted by atomic mass is 19.1. The molecule has 6 heteroatoms. The van der Waals surface area contributed by atoms with Gasteiger partial charge in [0.1, 0.15) is 5.82 Å². The predicted molar refractivity (Wildman–Crippen MR) is 137 cm³/mol. The number of nitrogens with zero attached hydrogens (tertiary/aromatic N) is 2. The number of hydrogen-bond acceptors (Lipinski definition) is 3. The van der Waals surface area contributed by atoms with Gasteiger partial charge in [-0.25, -0.2) is 4.39 Å². The number of halogens is 1. The van der Waals surface area contributed by atoms with Crippen LogP contribution in [0.25, 0.3) is 11.1 Å². The zero-order valence-electron chi connectivity index (χ0n) is 20.0. The fraction of sp³-hybridized carbons (Fsp3) is 0.310. The van der Waals surface area contributed by atoms with Crippen LogP contribution in [-0.4, -0.2) is 36.9 Å². The molecule has 5 rings (SSSR count). The minimum Gasteiger partial charge on any atom is -0.322 e. The van der Waals surface area contributed by atoms with Gasteiger partial charge in [0, 0.05) is 37.0 Å². The van der Waals surface area contributed by atoms with E-state index in [9.17, 15) is 14.0 Å². The molecule has 3 aromatic rings. The number of piperidine rings is 1. The summed E-state index contributed by atoms with van der Waals surface area (Å²) in [5.41, 5.74) is 6.20. The van der Waals surface area contributed by atoms with Crippen molar-refractivity contribution in [1.82, 2.24) is 4.90 Å². The standard InChI is InChI=1S/C29H30FN3O2/c1-32-27-18-25(12-7-21(27)9-14-28(32)34)31-29(35)22-8-13-26(20-5-10-24(30)11-6-20)23(17-22)19-33-15-3-2-4-16-33/h5-8,10-13,17-18H,2-4,9,14-16,19H2,1H3,(H,31,35). The molecule has 2 heterocycles. The number of benzene rings is 3. The first-order chi connectivity index (χ1) is 17.0. The van der Waals surface area contributed by atoms with Gasteiger partial charge in [0.15, 0.2) is 0 Å². The number of nitrogens with one attached hydrogen (secondary N) is 1. The second kappa shape index (κ2) is 10.0. The third kappa shape index (κ3) is 5.13. The van der Waals surface area contributed by atoms with Crippen molar-refractivity contribution in [3.8, 4) is 11.1 Å². The molecule has 1 N–H and O–H groups in total. The number of fused-ring (bicyclic) bond motifs is 1. The summed E-state index contributed by atoms with van der Waals surface area (Å²) in [7, 11) is 1.77. The maximum atomic E-state index is 13.5. The van der Waals surface area contributed by atoms with Crippen LogP contribution in [0, 0.1) is 5.82 Å². The van der Waals surface area contributed by atoms with Crippen LogP contribution >= 0.6 is 0 Å². The molecule has 0 unspecified atom stereocenters. The van der Waals surface area contributed by atoms with E-state index in [-0.39, 0.29) is 17.6 Å². The number of carbonyl (C=O) groups excluding carboxylic acids is 2. The normalized spacial score (nSPS) is 16.2. The summed E-state index contributed by atoms with van der Waals surface area (Å²) in [5.74, 6) is -0.375. The van der Waals surface area contributed by atoms with Crippen molar-refractivity contribution < 1.29 is 14.0 Å². The fourth-order valence-corrected chi connectivity index (χ4v) is 5.05. The van der Waals surface area contributed by atoms with Gasteiger partial charge in [0.05, 0.1) is 0 Å². The Labute approximate surface area is 205 Å². The molecule has 35 heavy (non-hydrogen) atoms. The molecule has 0 radical (unpaired) electrons. The first kappa shape index (κ1) is 23.2. The molecule has 180 valence electrons. The van der Waals surface area contributed by atoms with Crippen molar-refractivity contribution in [2.24, 2.45) is 0 Å². The molecule has 0 aliphatic carbocycles. The van der Waals surface area contributed by atoms with Crippen LogP contribution in [0.3, 0.4) is 0 Å². The second-order valence-corrected chi connectivity index (χ2v) is 9.47. The van der Waals surface area contributed by atoms with Gasteiger partial charge in [-0.3, -0.25) is 14.5 Å².